The minimum atomic E-state index is -0.106. The Morgan fingerprint density at radius 3 is 3.00 bits per heavy atom. The molecule has 0 aliphatic carbocycles. The molecular formula is C3H2ClNS. The quantitative estimate of drug-likeness (QED) is 0.347. The van der Waals surface area contributed by atoms with Gasteiger partial charge in [-0.2, -0.15) is 0 Å². The molecule has 0 spiro atoms. The van der Waals surface area contributed by atoms with Gasteiger partial charge in [0.1, 0.15) is 0 Å². The first-order valence-corrected chi connectivity index (χ1v) is 2.78. The predicted octanol–water partition coefficient (Wildman–Crippen LogP) is 1.37. The summed E-state index contributed by atoms with van der Waals surface area (Å²) in [5.41, 5.74) is 0. The van der Waals surface area contributed by atoms with Crippen LogP contribution in [0.4, 0.5) is 0 Å². The van der Waals surface area contributed by atoms with Gasteiger partial charge < -0.3 is 0 Å². The van der Waals surface area contributed by atoms with Crippen LogP contribution in [0.3, 0.4) is 0 Å². The molecule has 0 bridgehead atoms. The highest BCUT2D eigenvalue weighted by Gasteiger charge is 2.04. The monoisotopic (exact) mass is 119 g/mol. The van der Waals surface area contributed by atoms with Gasteiger partial charge in [0, 0.05) is 6.21 Å². The molecule has 0 saturated carbocycles. The van der Waals surface area contributed by atoms with Gasteiger partial charge in [0.05, 0.1) is 5.75 Å². The largest absolute Gasteiger partial charge is 0.265 e. The minimum Gasteiger partial charge on any atom is -0.265 e. The summed E-state index contributed by atoms with van der Waals surface area (Å²) in [6.45, 7) is 0. The molecule has 32 valence electrons. The molecular weight excluding hydrogens is 118 g/mol. The third-order valence-corrected chi connectivity index (χ3v) is 1.35. The van der Waals surface area contributed by atoms with Crippen molar-refractivity contribution in [3.8, 4) is 0 Å². The molecule has 0 N–H and O–H groups in total. The van der Waals surface area contributed by atoms with Gasteiger partial charge in [-0.1, -0.05) is 11.6 Å². The third kappa shape index (κ3) is 0.884. The van der Waals surface area contributed by atoms with E-state index in [1.54, 1.807) is 6.21 Å². The van der Waals surface area contributed by atoms with E-state index in [4.69, 9.17) is 11.6 Å². The van der Waals surface area contributed by atoms with Crippen molar-refractivity contribution in [3.63, 3.8) is 0 Å². The molecule has 1 nitrogen and oxygen atoms in total. The fraction of sp³-hybridized carbons (Fsp3) is 0.333. The van der Waals surface area contributed by atoms with E-state index >= 15 is 0 Å². The topological polar surface area (TPSA) is 12.4 Å². The van der Waals surface area contributed by atoms with Crippen molar-refractivity contribution in [2.45, 2.75) is 4.83 Å². The molecule has 0 aromatic carbocycles. The van der Waals surface area contributed by atoms with E-state index in [0.717, 1.165) is 0 Å². The maximum atomic E-state index is 5.41. The molecule has 1 rings (SSSR count). The van der Waals surface area contributed by atoms with Crippen molar-refractivity contribution in [1.29, 1.82) is 0 Å². The smallest absolute Gasteiger partial charge is 0.169 e. The molecule has 1 aliphatic heterocycles. The average Bonchev–Trinajstić information content (AvgIpc) is 1.86. The van der Waals surface area contributed by atoms with Crippen molar-refractivity contribution < 1.29 is 0 Å². The summed E-state index contributed by atoms with van der Waals surface area (Å²) in [5.74, 6) is 2.77. The molecule has 0 amide bonds. The number of thioether (sulfide) groups is 1. The fourth-order valence-corrected chi connectivity index (χ4v) is 0.772. The van der Waals surface area contributed by atoms with Crippen LogP contribution >= 0.6 is 23.4 Å². The molecule has 0 aromatic rings. The zero-order valence-corrected chi connectivity index (χ0v) is 4.46. The lowest BCUT2D eigenvalue weighted by atomic mass is 10.9. The number of aliphatic imine (C=N–C) groups is 1. The third-order valence-electron chi connectivity index (χ3n) is 0.410. The van der Waals surface area contributed by atoms with Gasteiger partial charge in [0.25, 0.3) is 0 Å². The Morgan fingerprint density at radius 2 is 2.83 bits per heavy atom. The average molecular weight is 120 g/mol. The van der Waals surface area contributed by atoms with Crippen LogP contribution in [0.1, 0.15) is 0 Å². The molecule has 6 heavy (non-hydrogen) atoms. The Bertz CT molecular complexity index is 73.2. The van der Waals surface area contributed by atoms with Crippen LogP contribution in [0.25, 0.3) is 0 Å². The van der Waals surface area contributed by atoms with Crippen LogP contribution in [0, 0.1) is 5.75 Å². The van der Waals surface area contributed by atoms with Gasteiger partial charge in [0.2, 0.25) is 0 Å². The second-order valence-electron chi connectivity index (χ2n) is 0.806. The molecule has 0 aromatic heterocycles. The standard InChI is InChI=1S/C3H2ClNS/c4-3-5-1-2-6-3/h1,3H. The van der Waals surface area contributed by atoms with Gasteiger partial charge in [-0.3, -0.25) is 4.99 Å². The van der Waals surface area contributed by atoms with Crippen molar-refractivity contribution in [3.05, 3.63) is 5.75 Å². The lowest BCUT2D eigenvalue weighted by Gasteiger charge is -1.85. The van der Waals surface area contributed by atoms with Crippen LogP contribution in [0.15, 0.2) is 4.99 Å². The second-order valence-corrected chi connectivity index (χ2v) is 2.40. The molecule has 2 radical (unpaired) electrons. The Labute approximate surface area is 45.8 Å². The SMILES string of the molecule is ClC1N=C[C]S1. The summed E-state index contributed by atoms with van der Waals surface area (Å²) in [7, 11) is 0. The van der Waals surface area contributed by atoms with E-state index in [2.05, 4.69) is 10.7 Å². The zero-order chi connectivity index (χ0) is 4.41. The summed E-state index contributed by atoms with van der Waals surface area (Å²) >= 11 is 6.81. The number of halogens is 1. The number of hydrogen-bond donors (Lipinski definition) is 0. The van der Waals surface area contributed by atoms with E-state index in [1.807, 2.05) is 0 Å². The Hall–Kier alpha value is 0.310. The summed E-state index contributed by atoms with van der Waals surface area (Å²) in [4.78, 5) is 3.62. The Balaban J connectivity index is 2.38. The maximum absolute atomic E-state index is 5.41. The van der Waals surface area contributed by atoms with Crippen LogP contribution < -0.4 is 0 Å². The first-order chi connectivity index (χ1) is 2.89. The van der Waals surface area contributed by atoms with E-state index < -0.39 is 0 Å². The number of hydrogen-bond acceptors (Lipinski definition) is 2. The van der Waals surface area contributed by atoms with Gasteiger partial charge in [-0.15, -0.1) is 11.8 Å². The molecule has 1 atom stereocenters. The fourth-order valence-electron chi connectivity index (χ4n) is 0.206. The van der Waals surface area contributed by atoms with E-state index in [-0.39, 0.29) is 4.83 Å². The molecule has 1 heterocycles. The summed E-state index contributed by atoms with van der Waals surface area (Å²) in [6, 6.07) is 0. The van der Waals surface area contributed by atoms with Crippen LogP contribution in [-0.4, -0.2) is 11.0 Å². The van der Waals surface area contributed by atoms with Crippen molar-refractivity contribution in [1.82, 2.24) is 0 Å². The minimum absolute atomic E-state index is 0.106. The van der Waals surface area contributed by atoms with E-state index in [9.17, 15) is 0 Å². The Kier molecular flexibility index (Phi) is 1.37. The lowest BCUT2D eigenvalue weighted by molar-refractivity contribution is 1.32. The number of nitrogens with zero attached hydrogens (tertiary/aromatic N) is 1. The molecule has 1 aliphatic rings. The van der Waals surface area contributed by atoms with E-state index in [1.165, 1.54) is 11.8 Å². The summed E-state index contributed by atoms with van der Waals surface area (Å²) in [5, 5.41) is 0. The number of alkyl halides is 1. The van der Waals surface area contributed by atoms with Crippen molar-refractivity contribution in [2.75, 3.05) is 0 Å². The van der Waals surface area contributed by atoms with Crippen molar-refractivity contribution in [2.24, 2.45) is 4.99 Å². The second kappa shape index (κ2) is 1.85. The van der Waals surface area contributed by atoms with Crippen molar-refractivity contribution >= 4 is 29.6 Å². The van der Waals surface area contributed by atoms with Gasteiger partial charge in [-0.05, 0) is 0 Å². The molecule has 1 unspecified atom stereocenters. The van der Waals surface area contributed by atoms with Gasteiger partial charge in [-0.25, -0.2) is 0 Å². The highest BCUT2D eigenvalue weighted by atomic mass is 35.5. The summed E-state index contributed by atoms with van der Waals surface area (Å²) < 4.78 is 0. The van der Waals surface area contributed by atoms with Crippen LogP contribution in [-0.2, 0) is 0 Å². The highest BCUT2D eigenvalue weighted by Crippen LogP contribution is 2.22. The predicted molar refractivity (Wildman–Crippen MR) is 29.0 cm³/mol. The normalized spacial score (nSPS) is 31.8. The van der Waals surface area contributed by atoms with Gasteiger partial charge >= 0.3 is 0 Å². The van der Waals surface area contributed by atoms with E-state index in [0.29, 0.717) is 0 Å². The molecule has 0 fully saturated rings. The van der Waals surface area contributed by atoms with Crippen LogP contribution in [0.5, 0.6) is 0 Å². The summed E-state index contributed by atoms with van der Waals surface area (Å²) in [6.07, 6.45) is 1.59. The first kappa shape index (κ1) is 4.47. The zero-order valence-electron chi connectivity index (χ0n) is 2.89. The molecule has 0 saturated heterocycles. The lowest BCUT2D eigenvalue weighted by Crippen LogP contribution is -1.71. The first-order valence-electron chi connectivity index (χ1n) is 1.46. The maximum Gasteiger partial charge on any atom is 0.169 e. The highest BCUT2D eigenvalue weighted by molar-refractivity contribution is 8.04. The molecule has 3 heteroatoms. The Morgan fingerprint density at radius 1 is 2.00 bits per heavy atom. The van der Waals surface area contributed by atoms with Gasteiger partial charge in [0.15, 0.2) is 4.83 Å². The van der Waals surface area contributed by atoms with Crippen LogP contribution in [0.2, 0.25) is 0 Å². The number of rotatable bonds is 0.